The van der Waals surface area contributed by atoms with Gasteiger partial charge in [-0.25, -0.2) is 4.79 Å². The van der Waals surface area contributed by atoms with Gasteiger partial charge in [0.2, 0.25) is 5.76 Å². The molecule has 3 heteroatoms. The van der Waals surface area contributed by atoms with Crippen LogP contribution in [0.25, 0.3) is 11.0 Å². The summed E-state index contributed by atoms with van der Waals surface area (Å²) in [6.07, 6.45) is 0.655. The summed E-state index contributed by atoms with van der Waals surface area (Å²) in [7, 11) is 0. The quantitative estimate of drug-likeness (QED) is 0.871. The smallest absolute Gasteiger partial charge is 0.372 e. The van der Waals surface area contributed by atoms with Gasteiger partial charge in [-0.3, -0.25) is 0 Å². The van der Waals surface area contributed by atoms with E-state index in [0.29, 0.717) is 12.0 Å². The second-order valence-electron chi connectivity index (χ2n) is 5.50. The molecule has 0 spiro atoms. The first-order valence-electron chi connectivity index (χ1n) is 6.14. The number of aromatic carboxylic acids is 1. The number of para-hydroxylation sites is 1. The molecule has 2 aromatic rings. The van der Waals surface area contributed by atoms with Crippen LogP contribution in [0.4, 0.5) is 0 Å². The monoisotopic (exact) mass is 246 g/mol. The number of hydrogen-bond donors (Lipinski definition) is 1. The van der Waals surface area contributed by atoms with Crippen LogP contribution < -0.4 is 0 Å². The molecule has 0 saturated heterocycles. The first-order valence-corrected chi connectivity index (χ1v) is 6.14. The summed E-state index contributed by atoms with van der Waals surface area (Å²) in [6.45, 7) is 8.23. The third-order valence-corrected chi connectivity index (χ3v) is 3.17. The van der Waals surface area contributed by atoms with Crippen LogP contribution in [-0.2, 0) is 11.8 Å². The number of furan rings is 1. The van der Waals surface area contributed by atoms with Gasteiger partial charge in [0.25, 0.3) is 0 Å². The van der Waals surface area contributed by atoms with Crippen LogP contribution in [0.2, 0.25) is 0 Å². The largest absolute Gasteiger partial charge is 0.475 e. The van der Waals surface area contributed by atoms with Gasteiger partial charge in [0, 0.05) is 16.5 Å². The van der Waals surface area contributed by atoms with E-state index in [0.717, 1.165) is 16.5 Å². The van der Waals surface area contributed by atoms with Gasteiger partial charge in [-0.15, -0.1) is 0 Å². The summed E-state index contributed by atoms with van der Waals surface area (Å²) in [6, 6.07) is 5.89. The number of hydrogen-bond acceptors (Lipinski definition) is 2. The van der Waals surface area contributed by atoms with Crippen LogP contribution in [0.3, 0.4) is 0 Å². The van der Waals surface area contributed by atoms with Gasteiger partial charge in [-0.1, -0.05) is 45.9 Å². The molecular weight excluding hydrogens is 228 g/mol. The van der Waals surface area contributed by atoms with E-state index < -0.39 is 5.97 Å². The first-order chi connectivity index (χ1) is 8.36. The zero-order chi connectivity index (χ0) is 13.5. The Labute approximate surface area is 106 Å². The topological polar surface area (TPSA) is 50.4 Å². The predicted octanol–water partition coefficient (Wildman–Crippen LogP) is 3.99. The molecule has 1 N–H and O–H groups in total. The minimum Gasteiger partial charge on any atom is -0.475 e. The lowest BCUT2D eigenvalue weighted by atomic mass is 9.86. The summed E-state index contributed by atoms with van der Waals surface area (Å²) in [5, 5.41) is 10.1. The zero-order valence-electron chi connectivity index (χ0n) is 11.2. The lowest BCUT2D eigenvalue weighted by Gasteiger charge is -2.18. The molecule has 0 unspecified atom stereocenters. The van der Waals surface area contributed by atoms with Crippen molar-refractivity contribution in [3.8, 4) is 0 Å². The Hall–Kier alpha value is -1.77. The van der Waals surface area contributed by atoms with Gasteiger partial charge in [0.1, 0.15) is 5.58 Å². The first kappa shape index (κ1) is 12.7. The van der Waals surface area contributed by atoms with Crippen molar-refractivity contribution < 1.29 is 14.3 Å². The maximum Gasteiger partial charge on any atom is 0.372 e. The van der Waals surface area contributed by atoms with E-state index in [1.165, 1.54) is 0 Å². The molecule has 0 amide bonds. The Bertz CT molecular complexity index is 600. The normalized spacial score (nSPS) is 12.0. The van der Waals surface area contributed by atoms with E-state index >= 15 is 0 Å². The van der Waals surface area contributed by atoms with Gasteiger partial charge in [0.05, 0.1) is 0 Å². The highest BCUT2D eigenvalue weighted by molar-refractivity contribution is 5.96. The number of carboxylic acids is 1. The van der Waals surface area contributed by atoms with Gasteiger partial charge in [-0.2, -0.15) is 0 Å². The molecule has 3 nitrogen and oxygen atoms in total. The molecule has 0 aliphatic carbocycles. The van der Waals surface area contributed by atoms with Crippen LogP contribution >= 0.6 is 0 Å². The Balaban J connectivity index is 2.84. The number of carboxylic acid groups (broad SMARTS) is 1. The van der Waals surface area contributed by atoms with Crippen LogP contribution in [0.5, 0.6) is 0 Å². The van der Waals surface area contributed by atoms with Crippen LogP contribution in [-0.4, -0.2) is 11.1 Å². The van der Waals surface area contributed by atoms with E-state index in [1.54, 1.807) is 0 Å². The minimum atomic E-state index is -0.997. The summed E-state index contributed by atoms with van der Waals surface area (Å²) in [5.41, 5.74) is 2.46. The van der Waals surface area contributed by atoms with Gasteiger partial charge >= 0.3 is 5.97 Å². The highest BCUT2D eigenvalue weighted by Crippen LogP contribution is 2.34. The maximum absolute atomic E-state index is 11.2. The molecule has 0 bridgehead atoms. The summed E-state index contributed by atoms with van der Waals surface area (Å²) < 4.78 is 5.61. The Morgan fingerprint density at radius 3 is 2.50 bits per heavy atom. The van der Waals surface area contributed by atoms with Crippen molar-refractivity contribution >= 4 is 16.9 Å². The number of carbonyl (C=O) groups is 1. The molecule has 18 heavy (non-hydrogen) atoms. The number of rotatable bonds is 2. The van der Waals surface area contributed by atoms with E-state index in [1.807, 2.05) is 25.1 Å². The maximum atomic E-state index is 11.2. The van der Waals surface area contributed by atoms with E-state index in [-0.39, 0.29) is 11.2 Å². The van der Waals surface area contributed by atoms with E-state index in [2.05, 4.69) is 20.8 Å². The highest BCUT2D eigenvalue weighted by atomic mass is 16.4. The summed E-state index contributed by atoms with van der Waals surface area (Å²) >= 11 is 0. The Kier molecular flexibility index (Phi) is 2.93. The van der Waals surface area contributed by atoms with Gasteiger partial charge in [0.15, 0.2) is 0 Å². The molecule has 2 rings (SSSR count). The third kappa shape index (κ3) is 1.90. The van der Waals surface area contributed by atoms with Crippen molar-refractivity contribution in [3.63, 3.8) is 0 Å². The van der Waals surface area contributed by atoms with Gasteiger partial charge < -0.3 is 9.52 Å². The van der Waals surface area contributed by atoms with Crippen LogP contribution in [0.15, 0.2) is 22.6 Å². The van der Waals surface area contributed by atoms with Crippen molar-refractivity contribution in [3.05, 3.63) is 35.1 Å². The summed E-state index contributed by atoms with van der Waals surface area (Å²) in [5.74, 6) is -0.924. The number of benzene rings is 1. The second kappa shape index (κ2) is 4.16. The van der Waals surface area contributed by atoms with Crippen molar-refractivity contribution in [2.24, 2.45) is 0 Å². The predicted molar refractivity (Wildman–Crippen MR) is 71.3 cm³/mol. The van der Waals surface area contributed by atoms with Crippen molar-refractivity contribution in [1.82, 2.24) is 0 Å². The van der Waals surface area contributed by atoms with E-state index in [4.69, 9.17) is 4.42 Å². The van der Waals surface area contributed by atoms with Crippen molar-refractivity contribution in [2.75, 3.05) is 0 Å². The SMILES string of the molecule is CCc1c(C(=O)O)oc2c(C(C)(C)C)cccc12. The molecule has 0 atom stereocenters. The molecule has 0 aliphatic heterocycles. The fourth-order valence-corrected chi connectivity index (χ4v) is 2.28. The lowest BCUT2D eigenvalue weighted by Crippen LogP contribution is -2.11. The fourth-order valence-electron chi connectivity index (χ4n) is 2.28. The zero-order valence-corrected chi connectivity index (χ0v) is 11.2. The van der Waals surface area contributed by atoms with Gasteiger partial charge in [-0.05, 0) is 11.8 Å². The molecule has 1 aromatic heterocycles. The molecule has 1 aromatic carbocycles. The minimum absolute atomic E-state index is 0.0713. The number of fused-ring (bicyclic) bond motifs is 1. The molecule has 1 heterocycles. The third-order valence-electron chi connectivity index (χ3n) is 3.17. The van der Waals surface area contributed by atoms with E-state index in [9.17, 15) is 9.90 Å². The molecule has 96 valence electrons. The standard InChI is InChI=1S/C15H18O3/c1-5-9-10-7-6-8-11(15(2,3)4)12(10)18-13(9)14(16)17/h6-8H,5H2,1-4H3,(H,16,17). The Morgan fingerprint density at radius 2 is 2.00 bits per heavy atom. The fraction of sp³-hybridized carbons (Fsp3) is 0.400. The van der Waals surface area contributed by atoms with Crippen LogP contribution in [0, 0.1) is 0 Å². The van der Waals surface area contributed by atoms with Crippen LogP contribution in [0.1, 0.15) is 49.4 Å². The molecule has 0 fully saturated rings. The number of aryl methyl sites for hydroxylation is 1. The lowest BCUT2D eigenvalue weighted by molar-refractivity contribution is 0.0663. The van der Waals surface area contributed by atoms with Crippen molar-refractivity contribution in [2.45, 2.75) is 39.5 Å². The molecule has 0 aliphatic rings. The molecular formula is C15H18O3. The second-order valence-corrected chi connectivity index (χ2v) is 5.50. The summed E-state index contributed by atoms with van der Waals surface area (Å²) in [4.78, 5) is 11.2. The average molecular weight is 246 g/mol. The van der Waals surface area contributed by atoms with Crippen molar-refractivity contribution in [1.29, 1.82) is 0 Å². The molecule has 0 radical (unpaired) electrons. The highest BCUT2D eigenvalue weighted by Gasteiger charge is 2.24. The Morgan fingerprint density at radius 1 is 1.33 bits per heavy atom. The average Bonchev–Trinajstić information content (AvgIpc) is 2.65. The molecule has 0 saturated carbocycles.